The van der Waals surface area contributed by atoms with Crippen LogP contribution >= 0.6 is 0 Å². The minimum atomic E-state index is 0.623. The number of aldehydes is 1. The second kappa shape index (κ2) is 5.09. The van der Waals surface area contributed by atoms with Gasteiger partial charge in [0.25, 0.3) is 0 Å². The van der Waals surface area contributed by atoms with E-state index in [0.29, 0.717) is 6.42 Å². The highest BCUT2D eigenvalue weighted by Gasteiger charge is 1.92. The van der Waals surface area contributed by atoms with E-state index in [2.05, 4.69) is 6.58 Å². The molecule has 1 aromatic rings. The molecule has 0 aliphatic rings. The second-order valence-electron chi connectivity index (χ2n) is 2.74. The molecule has 0 heterocycles. The fraction of sp³-hybridized carbons (Fsp3) is 0.0833. The molecule has 0 spiro atoms. The average molecular weight is 172 g/mol. The molecule has 1 rings (SSSR count). The lowest BCUT2D eigenvalue weighted by atomic mass is 10.1. The van der Waals surface area contributed by atoms with E-state index in [4.69, 9.17) is 0 Å². The van der Waals surface area contributed by atoms with Crippen LogP contribution in [0.15, 0.2) is 48.6 Å². The van der Waals surface area contributed by atoms with Crippen LogP contribution in [0.25, 0.3) is 6.08 Å². The van der Waals surface area contributed by atoms with E-state index in [-0.39, 0.29) is 0 Å². The highest BCUT2D eigenvalue weighted by Crippen LogP contribution is 2.07. The van der Waals surface area contributed by atoms with Gasteiger partial charge in [0.05, 0.1) is 0 Å². The molecule has 0 aliphatic heterocycles. The third-order valence-electron chi connectivity index (χ3n) is 1.68. The van der Waals surface area contributed by atoms with Crippen molar-refractivity contribution in [1.82, 2.24) is 0 Å². The number of benzene rings is 1. The van der Waals surface area contributed by atoms with Crippen LogP contribution in [0, 0.1) is 0 Å². The molecule has 0 N–H and O–H groups in total. The maximum atomic E-state index is 10.6. The molecule has 0 amide bonds. The molecule has 1 aromatic carbocycles. The van der Waals surface area contributed by atoms with Crippen molar-refractivity contribution in [2.45, 2.75) is 6.42 Å². The summed E-state index contributed by atoms with van der Waals surface area (Å²) in [7, 11) is 0. The molecule has 0 fully saturated rings. The first-order chi connectivity index (χ1) is 6.36. The largest absolute Gasteiger partial charge is 0.298 e. The van der Waals surface area contributed by atoms with Crippen LogP contribution in [-0.2, 0) is 4.79 Å². The van der Waals surface area contributed by atoms with Crippen molar-refractivity contribution in [2.24, 2.45) is 0 Å². The topological polar surface area (TPSA) is 17.1 Å². The molecular formula is C12H12O. The molecule has 0 radical (unpaired) electrons. The predicted octanol–water partition coefficient (Wildman–Crippen LogP) is 2.85. The van der Waals surface area contributed by atoms with E-state index in [9.17, 15) is 4.79 Å². The Morgan fingerprint density at radius 1 is 1.31 bits per heavy atom. The smallest absolute Gasteiger partial charge is 0.146 e. The van der Waals surface area contributed by atoms with Crippen LogP contribution in [0.3, 0.4) is 0 Å². The summed E-state index contributed by atoms with van der Waals surface area (Å²) in [4.78, 5) is 10.6. The Morgan fingerprint density at radius 2 is 2.00 bits per heavy atom. The summed E-state index contributed by atoms with van der Waals surface area (Å²) in [5.41, 5.74) is 1.80. The van der Waals surface area contributed by atoms with Gasteiger partial charge in [-0.1, -0.05) is 36.4 Å². The Hall–Kier alpha value is -1.63. The summed E-state index contributed by atoms with van der Waals surface area (Å²) in [6.45, 7) is 3.59. The van der Waals surface area contributed by atoms with Gasteiger partial charge in [-0.2, -0.15) is 0 Å². The molecule has 1 nitrogen and oxygen atoms in total. The van der Waals surface area contributed by atoms with Crippen molar-refractivity contribution in [1.29, 1.82) is 0 Å². The van der Waals surface area contributed by atoms with Crippen molar-refractivity contribution in [3.05, 3.63) is 54.1 Å². The van der Waals surface area contributed by atoms with E-state index in [0.717, 1.165) is 17.4 Å². The van der Waals surface area contributed by atoms with Crippen LogP contribution in [0.4, 0.5) is 0 Å². The highest BCUT2D eigenvalue weighted by molar-refractivity contribution is 5.81. The zero-order valence-electron chi connectivity index (χ0n) is 7.44. The lowest BCUT2D eigenvalue weighted by Crippen LogP contribution is -1.82. The van der Waals surface area contributed by atoms with Gasteiger partial charge in [-0.25, -0.2) is 0 Å². The van der Waals surface area contributed by atoms with Crippen molar-refractivity contribution in [3.8, 4) is 0 Å². The SMILES string of the molecule is C=CCC(C=O)=Cc1ccccc1. The summed E-state index contributed by atoms with van der Waals surface area (Å²) in [6, 6.07) is 9.77. The van der Waals surface area contributed by atoms with Crippen molar-refractivity contribution in [2.75, 3.05) is 0 Å². The summed E-state index contributed by atoms with van der Waals surface area (Å²) >= 11 is 0. The van der Waals surface area contributed by atoms with Crippen LogP contribution < -0.4 is 0 Å². The molecule has 0 saturated heterocycles. The first-order valence-corrected chi connectivity index (χ1v) is 4.18. The van der Waals surface area contributed by atoms with Crippen LogP contribution in [-0.4, -0.2) is 6.29 Å². The monoisotopic (exact) mass is 172 g/mol. The van der Waals surface area contributed by atoms with Crippen LogP contribution in [0.2, 0.25) is 0 Å². The van der Waals surface area contributed by atoms with E-state index in [1.165, 1.54) is 0 Å². The van der Waals surface area contributed by atoms with E-state index in [1.807, 2.05) is 36.4 Å². The van der Waals surface area contributed by atoms with Crippen molar-refractivity contribution < 1.29 is 4.79 Å². The predicted molar refractivity (Wildman–Crippen MR) is 55.3 cm³/mol. The molecular weight excluding hydrogens is 160 g/mol. The van der Waals surface area contributed by atoms with Gasteiger partial charge in [-0.05, 0) is 23.6 Å². The number of hydrogen-bond donors (Lipinski definition) is 0. The summed E-state index contributed by atoms with van der Waals surface area (Å²) in [5, 5.41) is 0. The Balaban J connectivity index is 2.84. The molecule has 1 heteroatoms. The van der Waals surface area contributed by atoms with Crippen molar-refractivity contribution in [3.63, 3.8) is 0 Å². The fourth-order valence-corrected chi connectivity index (χ4v) is 1.07. The Kier molecular flexibility index (Phi) is 3.71. The third kappa shape index (κ3) is 3.08. The van der Waals surface area contributed by atoms with E-state index < -0.39 is 0 Å². The van der Waals surface area contributed by atoms with Crippen LogP contribution in [0.1, 0.15) is 12.0 Å². The van der Waals surface area contributed by atoms with Crippen molar-refractivity contribution >= 4 is 12.4 Å². The van der Waals surface area contributed by atoms with Gasteiger partial charge >= 0.3 is 0 Å². The fourth-order valence-electron chi connectivity index (χ4n) is 1.07. The molecule has 0 atom stereocenters. The minimum Gasteiger partial charge on any atom is -0.298 e. The Bertz CT molecular complexity index is 309. The number of carbonyl (C=O) groups is 1. The maximum Gasteiger partial charge on any atom is 0.146 e. The van der Waals surface area contributed by atoms with Gasteiger partial charge in [-0.3, -0.25) is 4.79 Å². The summed E-state index contributed by atoms with van der Waals surface area (Å²) in [5.74, 6) is 0. The number of allylic oxidation sites excluding steroid dienone is 2. The third-order valence-corrected chi connectivity index (χ3v) is 1.68. The number of hydrogen-bond acceptors (Lipinski definition) is 1. The number of carbonyl (C=O) groups excluding carboxylic acids is 1. The first kappa shape index (κ1) is 9.46. The summed E-state index contributed by atoms with van der Waals surface area (Å²) in [6.07, 6.45) is 5.09. The molecule has 0 saturated carbocycles. The average Bonchev–Trinajstić information content (AvgIpc) is 2.19. The highest BCUT2D eigenvalue weighted by atomic mass is 16.1. The molecule has 0 bridgehead atoms. The van der Waals surface area contributed by atoms with Gasteiger partial charge in [0.1, 0.15) is 6.29 Å². The molecule has 0 unspecified atom stereocenters. The van der Waals surface area contributed by atoms with E-state index >= 15 is 0 Å². The lowest BCUT2D eigenvalue weighted by molar-refractivity contribution is -0.104. The maximum absolute atomic E-state index is 10.6. The first-order valence-electron chi connectivity index (χ1n) is 4.18. The second-order valence-corrected chi connectivity index (χ2v) is 2.74. The number of rotatable bonds is 4. The Morgan fingerprint density at radius 3 is 2.54 bits per heavy atom. The zero-order valence-corrected chi connectivity index (χ0v) is 7.44. The normalized spacial score (nSPS) is 10.9. The van der Waals surface area contributed by atoms with Gasteiger partial charge in [0, 0.05) is 0 Å². The van der Waals surface area contributed by atoms with Gasteiger partial charge in [0.2, 0.25) is 0 Å². The summed E-state index contributed by atoms with van der Waals surface area (Å²) < 4.78 is 0. The molecule has 66 valence electrons. The van der Waals surface area contributed by atoms with Gasteiger partial charge < -0.3 is 0 Å². The van der Waals surface area contributed by atoms with Gasteiger partial charge in [0.15, 0.2) is 0 Å². The standard InChI is InChI=1S/C12H12O/c1-2-6-12(10-13)9-11-7-4-3-5-8-11/h2-5,7-10H,1,6H2. The van der Waals surface area contributed by atoms with E-state index in [1.54, 1.807) is 6.08 Å². The Labute approximate surface area is 78.4 Å². The quantitative estimate of drug-likeness (QED) is 0.388. The lowest BCUT2D eigenvalue weighted by Gasteiger charge is -1.95. The zero-order chi connectivity index (χ0) is 9.52. The molecule has 0 aliphatic carbocycles. The minimum absolute atomic E-state index is 0.623. The van der Waals surface area contributed by atoms with Crippen LogP contribution in [0.5, 0.6) is 0 Å². The molecule has 13 heavy (non-hydrogen) atoms. The molecule has 0 aromatic heterocycles. The van der Waals surface area contributed by atoms with Gasteiger partial charge in [-0.15, -0.1) is 6.58 Å².